The maximum atomic E-state index is 11.5. The molecule has 0 aromatic rings. The van der Waals surface area contributed by atoms with E-state index in [1.807, 2.05) is 13.8 Å². The Morgan fingerprint density at radius 1 is 1.53 bits per heavy atom. The second-order valence-electron chi connectivity index (χ2n) is 4.19. The van der Waals surface area contributed by atoms with Gasteiger partial charge in [-0.1, -0.05) is 6.92 Å². The number of urea groups is 1. The molecule has 0 radical (unpaired) electrons. The maximum Gasteiger partial charge on any atom is 0.317 e. The molecule has 6 heteroatoms. The van der Waals surface area contributed by atoms with Crippen molar-refractivity contribution in [3.8, 4) is 0 Å². The van der Waals surface area contributed by atoms with E-state index in [1.54, 1.807) is 4.90 Å². The van der Waals surface area contributed by atoms with Crippen LogP contribution in [0.25, 0.3) is 0 Å². The highest BCUT2D eigenvalue weighted by atomic mass is 16.2. The SMILES string of the molecule is CCCNC(=O)C(C)NCCN1CCNC1=O. The third kappa shape index (κ3) is 4.60. The molecule has 1 atom stereocenters. The molecule has 0 aromatic carbocycles. The Hall–Kier alpha value is -1.30. The van der Waals surface area contributed by atoms with Gasteiger partial charge in [-0.3, -0.25) is 4.79 Å². The van der Waals surface area contributed by atoms with E-state index in [1.165, 1.54) is 0 Å². The summed E-state index contributed by atoms with van der Waals surface area (Å²) in [6, 6.07) is -0.234. The van der Waals surface area contributed by atoms with E-state index in [0.717, 1.165) is 13.0 Å². The van der Waals surface area contributed by atoms with E-state index in [-0.39, 0.29) is 18.0 Å². The van der Waals surface area contributed by atoms with Crippen LogP contribution in [-0.4, -0.2) is 55.6 Å². The smallest absolute Gasteiger partial charge is 0.317 e. The summed E-state index contributed by atoms with van der Waals surface area (Å²) in [6.07, 6.45) is 0.937. The predicted molar refractivity (Wildman–Crippen MR) is 65.7 cm³/mol. The van der Waals surface area contributed by atoms with Crippen molar-refractivity contribution in [3.05, 3.63) is 0 Å². The number of nitrogens with zero attached hydrogens (tertiary/aromatic N) is 1. The number of hydrogen-bond acceptors (Lipinski definition) is 3. The lowest BCUT2D eigenvalue weighted by Crippen LogP contribution is -2.45. The molecule has 0 spiro atoms. The molecule has 1 aliphatic rings. The minimum atomic E-state index is -0.216. The molecule has 1 rings (SSSR count). The molecule has 0 bridgehead atoms. The van der Waals surface area contributed by atoms with Crippen LogP contribution in [-0.2, 0) is 4.79 Å². The van der Waals surface area contributed by atoms with Gasteiger partial charge in [0.1, 0.15) is 0 Å². The fraction of sp³-hybridized carbons (Fsp3) is 0.818. The summed E-state index contributed by atoms with van der Waals surface area (Å²) in [6.45, 7) is 7.28. The Balaban J connectivity index is 2.12. The normalized spacial score (nSPS) is 16.8. The van der Waals surface area contributed by atoms with Gasteiger partial charge in [-0.05, 0) is 13.3 Å². The van der Waals surface area contributed by atoms with Gasteiger partial charge in [-0.25, -0.2) is 4.79 Å². The van der Waals surface area contributed by atoms with Crippen molar-refractivity contribution in [2.24, 2.45) is 0 Å². The highest BCUT2D eigenvalue weighted by Crippen LogP contribution is 1.94. The van der Waals surface area contributed by atoms with Crippen molar-refractivity contribution in [3.63, 3.8) is 0 Å². The molecular weight excluding hydrogens is 220 g/mol. The molecule has 3 N–H and O–H groups in total. The van der Waals surface area contributed by atoms with E-state index < -0.39 is 0 Å². The third-order valence-electron chi connectivity index (χ3n) is 2.72. The topological polar surface area (TPSA) is 73.5 Å². The van der Waals surface area contributed by atoms with Crippen LogP contribution >= 0.6 is 0 Å². The fourth-order valence-corrected chi connectivity index (χ4v) is 1.63. The Bertz CT molecular complexity index is 270. The molecule has 3 amide bonds. The largest absolute Gasteiger partial charge is 0.355 e. The first-order chi connectivity index (χ1) is 8.15. The van der Waals surface area contributed by atoms with Crippen LogP contribution in [0.2, 0.25) is 0 Å². The zero-order valence-electron chi connectivity index (χ0n) is 10.6. The number of amides is 3. The van der Waals surface area contributed by atoms with E-state index >= 15 is 0 Å². The van der Waals surface area contributed by atoms with Gasteiger partial charge in [0.15, 0.2) is 0 Å². The molecule has 6 nitrogen and oxygen atoms in total. The van der Waals surface area contributed by atoms with E-state index in [2.05, 4.69) is 16.0 Å². The van der Waals surface area contributed by atoms with E-state index in [9.17, 15) is 9.59 Å². The average molecular weight is 242 g/mol. The minimum absolute atomic E-state index is 0.0118. The Morgan fingerprint density at radius 3 is 2.88 bits per heavy atom. The Kier molecular flexibility index (Phi) is 5.76. The van der Waals surface area contributed by atoms with Crippen LogP contribution in [0.1, 0.15) is 20.3 Å². The van der Waals surface area contributed by atoms with Crippen LogP contribution in [0.5, 0.6) is 0 Å². The lowest BCUT2D eigenvalue weighted by Gasteiger charge is -2.17. The van der Waals surface area contributed by atoms with Crippen molar-refractivity contribution >= 4 is 11.9 Å². The van der Waals surface area contributed by atoms with Crippen LogP contribution in [0, 0.1) is 0 Å². The Morgan fingerprint density at radius 2 is 2.29 bits per heavy atom. The second kappa shape index (κ2) is 7.11. The Labute approximate surface area is 102 Å². The van der Waals surface area contributed by atoms with Crippen molar-refractivity contribution in [2.75, 3.05) is 32.7 Å². The van der Waals surface area contributed by atoms with Gasteiger partial charge in [0.25, 0.3) is 0 Å². The standard InChI is InChI=1S/C11H22N4O2/c1-3-4-13-10(16)9(2)12-5-7-15-8-6-14-11(15)17/h9,12H,3-8H2,1-2H3,(H,13,16)(H,14,17). The number of hydrogen-bond donors (Lipinski definition) is 3. The monoisotopic (exact) mass is 242 g/mol. The van der Waals surface area contributed by atoms with E-state index in [0.29, 0.717) is 26.2 Å². The molecule has 0 aliphatic carbocycles. The molecule has 1 saturated heterocycles. The van der Waals surface area contributed by atoms with Crippen LogP contribution in [0.4, 0.5) is 4.79 Å². The zero-order valence-corrected chi connectivity index (χ0v) is 10.6. The maximum absolute atomic E-state index is 11.5. The molecule has 1 aliphatic heterocycles. The quantitative estimate of drug-likeness (QED) is 0.564. The van der Waals surface area contributed by atoms with Gasteiger partial charge in [0.05, 0.1) is 6.04 Å². The molecule has 0 aromatic heterocycles. The van der Waals surface area contributed by atoms with Crippen molar-refractivity contribution in [1.82, 2.24) is 20.9 Å². The summed E-state index contributed by atoms with van der Waals surface area (Å²) in [4.78, 5) is 24.5. The van der Waals surface area contributed by atoms with E-state index in [4.69, 9.17) is 0 Å². The van der Waals surface area contributed by atoms with Gasteiger partial charge in [0.2, 0.25) is 5.91 Å². The second-order valence-corrected chi connectivity index (χ2v) is 4.19. The highest BCUT2D eigenvalue weighted by molar-refractivity contribution is 5.81. The van der Waals surface area contributed by atoms with Crippen LogP contribution in [0.15, 0.2) is 0 Å². The molecule has 17 heavy (non-hydrogen) atoms. The lowest BCUT2D eigenvalue weighted by molar-refractivity contribution is -0.122. The van der Waals surface area contributed by atoms with Crippen LogP contribution in [0.3, 0.4) is 0 Å². The summed E-state index contributed by atoms with van der Waals surface area (Å²) in [7, 11) is 0. The van der Waals surface area contributed by atoms with Gasteiger partial charge < -0.3 is 20.9 Å². The molecule has 1 fully saturated rings. The molecule has 1 heterocycles. The number of carbonyl (C=O) groups is 2. The average Bonchev–Trinajstić information content (AvgIpc) is 2.72. The summed E-state index contributed by atoms with van der Waals surface area (Å²) >= 11 is 0. The predicted octanol–water partition coefficient (Wildman–Crippen LogP) is -0.484. The number of nitrogens with one attached hydrogen (secondary N) is 3. The summed E-state index contributed by atoms with van der Waals surface area (Å²) in [5.74, 6) is 0.0118. The van der Waals surface area contributed by atoms with Crippen molar-refractivity contribution < 1.29 is 9.59 Å². The first-order valence-electron chi connectivity index (χ1n) is 6.19. The van der Waals surface area contributed by atoms with Gasteiger partial charge >= 0.3 is 6.03 Å². The first kappa shape index (κ1) is 13.8. The van der Waals surface area contributed by atoms with Gasteiger partial charge in [0, 0.05) is 32.7 Å². The molecule has 0 saturated carbocycles. The zero-order chi connectivity index (χ0) is 12.7. The first-order valence-corrected chi connectivity index (χ1v) is 6.19. The van der Waals surface area contributed by atoms with Gasteiger partial charge in [-0.2, -0.15) is 0 Å². The summed E-state index contributed by atoms with van der Waals surface area (Å²) < 4.78 is 0. The number of carbonyl (C=O) groups excluding carboxylic acids is 2. The molecular formula is C11H22N4O2. The fourth-order valence-electron chi connectivity index (χ4n) is 1.63. The summed E-state index contributed by atoms with van der Waals surface area (Å²) in [5.41, 5.74) is 0. The lowest BCUT2D eigenvalue weighted by atomic mass is 10.3. The third-order valence-corrected chi connectivity index (χ3v) is 2.72. The van der Waals surface area contributed by atoms with Crippen molar-refractivity contribution in [2.45, 2.75) is 26.3 Å². The number of rotatable bonds is 7. The molecule has 98 valence electrons. The van der Waals surface area contributed by atoms with Crippen LogP contribution < -0.4 is 16.0 Å². The molecule has 1 unspecified atom stereocenters. The van der Waals surface area contributed by atoms with Crippen molar-refractivity contribution in [1.29, 1.82) is 0 Å². The highest BCUT2D eigenvalue weighted by Gasteiger charge is 2.19. The summed E-state index contributed by atoms with van der Waals surface area (Å²) in [5, 5.41) is 8.67. The van der Waals surface area contributed by atoms with Gasteiger partial charge in [-0.15, -0.1) is 0 Å². The minimum Gasteiger partial charge on any atom is -0.355 e.